The van der Waals surface area contributed by atoms with Gasteiger partial charge >= 0.3 is 5.97 Å². The van der Waals surface area contributed by atoms with Crippen LogP contribution in [0.15, 0.2) is 60.7 Å². The molecule has 0 radical (unpaired) electrons. The number of aromatic nitrogens is 1. The number of ether oxygens (including phenoxy) is 1. The van der Waals surface area contributed by atoms with Gasteiger partial charge in [-0.3, -0.25) is 9.78 Å². The Morgan fingerprint density at radius 1 is 1.07 bits per heavy atom. The largest absolute Gasteiger partial charge is 0.444 e. The Morgan fingerprint density at radius 2 is 1.78 bits per heavy atom. The van der Waals surface area contributed by atoms with Crippen molar-refractivity contribution in [3.05, 3.63) is 77.5 Å². The minimum Gasteiger partial charge on any atom is -0.444 e. The Kier molecular flexibility index (Phi) is 4.59. The zero-order chi connectivity index (χ0) is 18.8. The van der Waals surface area contributed by atoms with Crippen molar-refractivity contribution < 1.29 is 14.3 Å². The number of nitrogens with zero attached hydrogens (tertiary/aromatic N) is 1. The molecule has 0 unspecified atom stereocenters. The molecule has 1 heterocycles. The van der Waals surface area contributed by atoms with E-state index in [0.29, 0.717) is 16.5 Å². The van der Waals surface area contributed by atoms with Gasteiger partial charge in [0.05, 0.1) is 11.1 Å². The van der Waals surface area contributed by atoms with Crippen LogP contribution in [0.5, 0.6) is 0 Å². The van der Waals surface area contributed by atoms with E-state index in [1.54, 1.807) is 18.2 Å². The van der Waals surface area contributed by atoms with Crippen molar-refractivity contribution in [2.75, 3.05) is 0 Å². The summed E-state index contributed by atoms with van der Waals surface area (Å²) in [6.07, 6.45) is 0.955. The van der Waals surface area contributed by atoms with Crippen molar-refractivity contribution in [1.29, 1.82) is 0 Å². The summed E-state index contributed by atoms with van der Waals surface area (Å²) < 4.78 is 5.70. The van der Waals surface area contributed by atoms with Crippen molar-refractivity contribution in [3.63, 3.8) is 0 Å². The highest BCUT2D eigenvalue weighted by Gasteiger charge is 2.31. The third-order valence-electron chi connectivity index (χ3n) is 4.55. The van der Waals surface area contributed by atoms with Gasteiger partial charge in [-0.2, -0.15) is 0 Å². The monoisotopic (exact) mass is 360 g/mol. The van der Waals surface area contributed by atoms with Crippen LogP contribution >= 0.6 is 0 Å². The Labute approximate surface area is 157 Å². The Morgan fingerprint density at radius 3 is 2.52 bits per heavy atom. The first kappa shape index (κ1) is 17.2. The molecule has 4 rings (SSSR count). The average molecular weight is 360 g/mol. The molecule has 1 N–H and O–H groups in total. The van der Waals surface area contributed by atoms with Gasteiger partial charge in [-0.05, 0) is 31.9 Å². The SMILES string of the molecule is Cc1cc(C(=O)O[C@H](C(=O)NC2CC2)c2ccccc2)c2ccccc2n1. The molecule has 5 heteroatoms. The minimum absolute atomic E-state index is 0.186. The quantitative estimate of drug-likeness (QED) is 0.704. The van der Waals surface area contributed by atoms with Crippen molar-refractivity contribution >= 4 is 22.8 Å². The summed E-state index contributed by atoms with van der Waals surface area (Å²) in [6.45, 7) is 1.83. The van der Waals surface area contributed by atoms with Gasteiger partial charge in [-0.25, -0.2) is 4.79 Å². The topological polar surface area (TPSA) is 68.3 Å². The van der Waals surface area contributed by atoms with Crippen LogP contribution in [0.25, 0.3) is 10.9 Å². The summed E-state index contributed by atoms with van der Waals surface area (Å²) in [6, 6.07) is 18.4. The summed E-state index contributed by atoms with van der Waals surface area (Å²) in [4.78, 5) is 30.1. The van der Waals surface area contributed by atoms with E-state index in [1.807, 2.05) is 49.4 Å². The number of rotatable bonds is 5. The van der Waals surface area contributed by atoms with Crippen LogP contribution in [0.3, 0.4) is 0 Å². The fourth-order valence-electron chi connectivity index (χ4n) is 3.05. The number of fused-ring (bicyclic) bond motifs is 1. The number of carbonyl (C=O) groups is 2. The summed E-state index contributed by atoms with van der Waals surface area (Å²) >= 11 is 0. The molecule has 1 aliphatic carbocycles. The first-order chi connectivity index (χ1) is 13.1. The molecule has 1 fully saturated rings. The predicted molar refractivity (Wildman–Crippen MR) is 102 cm³/mol. The molecule has 0 spiro atoms. The number of benzene rings is 2. The van der Waals surface area contributed by atoms with Crippen LogP contribution < -0.4 is 5.32 Å². The van der Waals surface area contributed by atoms with Crippen molar-refractivity contribution in [1.82, 2.24) is 10.3 Å². The maximum absolute atomic E-state index is 13.0. The zero-order valence-corrected chi connectivity index (χ0v) is 15.0. The normalized spacial score (nSPS) is 14.6. The van der Waals surface area contributed by atoms with E-state index in [-0.39, 0.29) is 11.9 Å². The highest BCUT2D eigenvalue weighted by molar-refractivity contribution is 6.04. The van der Waals surface area contributed by atoms with E-state index in [2.05, 4.69) is 10.3 Å². The first-order valence-electron chi connectivity index (χ1n) is 9.04. The molecule has 3 aromatic rings. The molecule has 27 heavy (non-hydrogen) atoms. The third kappa shape index (κ3) is 3.82. The summed E-state index contributed by atoms with van der Waals surface area (Å²) in [5.41, 5.74) is 2.51. The summed E-state index contributed by atoms with van der Waals surface area (Å²) in [5, 5.41) is 3.64. The van der Waals surface area contributed by atoms with Gasteiger partial charge in [0.15, 0.2) is 0 Å². The van der Waals surface area contributed by atoms with E-state index in [0.717, 1.165) is 24.1 Å². The Bertz CT molecular complexity index is 997. The molecule has 1 aromatic heterocycles. The predicted octanol–water partition coefficient (Wildman–Crippen LogP) is 3.72. The van der Waals surface area contributed by atoms with E-state index >= 15 is 0 Å². The van der Waals surface area contributed by atoms with E-state index in [4.69, 9.17) is 4.74 Å². The van der Waals surface area contributed by atoms with Gasteiger partial charge in [0.2, 0.25) is 6.10 Å². The lowest BCUT2D eigenvalue weighted by Gasteiger charge is -2.18. The standard InChI is InChI=1S/C22H20N2O3/c1-14-13-18(17-9-5-6-10-19(17)23-14)22(26)27-20(15-7-3-2-4-8-15)21(25)24-16-11-12-16/h2-10,13,16,20H,11-12H2,1H3,(H,24,25)/t20-/m0/s1. The molecule has 1 atom stereocenters. The number of aryl methyl sites for hydroxylation is 1. The molecule has 0 saturated heterocycles. The van der Waals surface area contributed by atoms with Crippen LogP contribution in [0.2, 0.25) is 0 Å². The third-order valence-corrected chi connectivity index (χ3v) is 4.55. The number of hydrogen-bond donors (Lipinski definition) is 1. The number of para-hydroxylation sites is 1. The second-order valence-electron chi connectivity index (χ2n) is 6.81. The number of pyridine rings is 1. The number of esters is 1. The maximum atomic E-state index is 13.0. The number of amides is 1. The lowest BCUT2D eigenvalue weighted by atomic mass is 10.1. The van der Waals surface area contributed by atoms with Gasteiger partial charge in [0, 0.05) is 22.7 Å². The van der Waals surface area contributed by atoms with Crippen LogP contribution in [0.4, 0.5) is 0 Å². The molecule has 1 saturated carbocycles. The minimum atomic E-state index is -0.980. The second kappa shape index (κ2) is 7.19. The molecular formula is C22H20N2O3. The molecule has 0 bridgehead atoms. The lowest BCUT2D eigenvalue weighted by Crippen LogP contribution is -2.33. The number of hydrogen-bond acceptors (Lipinski definition) is 4. The molecule has 5 nitrogen and oxygen atoms in total. The molecule has 2 aromatic carbocycles. The van der Waals surface area contributed by atoms with Gasteiger partial charge in [0.1, 0.15) is 0 Å². The van der Waals surface area contributed by atoms with Gasteiger partial charge in [-0.1, -0.05) is 48.5 Å². The molecule has 1 amide bonds. The van der Waals surface area contributed by atoms with Crippen LogP contribution in [0.1, 0.15) is 40.6 Å². The first-order valence-corrected chi connectivity index (χ1v) is 9.04. The van der Waals surface area contributed by atoms with Crippen molar-refractivity contribution in [2.45, 2.75) is 31.9 Å². The zero-order valence-electron chi connectivity index (χ0n) is 15.0. The van der Waals surface area contributed by atoms with Gasteiger partial charge in [0.25, 0.3) is 5.91 Å². The smallest absolute Gasteiger partial charge is 0.340 e. The highest BCUT2D eigenvalue weighted by atomic mass is 16.5. The van der Waals surface area contributed by atoms with E-state index in [9.17, 15) is 9.59 Å². The Hall–Kier alpha value is -3.21. The molecule has 1 aliphatic rings. The highest BCUT2D eigenvalue weighted by Crippen LogP contribution is 2.26. The van der Waals surface area contributed by atoms with Gasteiger partial charge in [-0.15, -0.1) is 0 Å². The fraction of sp³-hybridized carbons (Fsp3) is 0.227. The Balaban J connectivity index is 1.67. The number of carbonyl (C=O) groups excluding carboxylic acids is 2. The lowest BCUT2D eigenvalue weighted by molar-refractivity contribution is -0.130. The summed E-state index contributed by atoms with van der Waals surface area (Å²) in [5.74, 6) is -0.816. The number of nitrogens with one attached hydrogen (secondary N) is 1. The van der Waals surface area contributed by atoms with Crippen molar-refractivity contribution in [3.8, 4) is 0 Å². The second-order valence-corrected chi connectivity index (χ2v) is 6.81. The maximum Gasteiger partial charge on any atom is 0.340 e. The van der Waals surface area contributed by atoms with Crippen LogP contribution in [0, 0.1) is 6.92 Å². The van der Waals surface area contributed by atoms with Gasteiger partial charge < -0.3 is 10.1 Å². The van der Waals surface area contributed by atoms with Crippen LogP contribution in [-0.4, -0.2) is 22.9 Å². The fourth-order valence-corrected chi connectivity index (χ4v) is 3.05. The van der Waals surface area contributed by atoms with E-state index in [1.165, 1.54) is 0 Å². The van der Waals surface area contributed by atoms with E-state index < -0.39 is 12.1 Å². The molecular weight excluding hydrogens is 340 g/mol. The molecule has 136 valence electrons. The average Bonchev–Trinajstić information content (AvgIpc) is 3.49. The van der Waals surface area contributed by atoms with Crippen LogP contribution in [-0.2, 0) is 9.53 Å². The summed E-state index contributed by atoms with van der Waals surface area (Å²) in [7, 11) is 0. The molecule has 0 aliphatic heterocycles. The van der Waals surface area contributed by atoms with Crippen molar-refractivity contribution in [2.24, 2.45) is 0 Å².